The molecule has 0 radical (unpaired) electrons. The highest BCUT2D eigenvalue weighted by atomic mass is 16.3. The van der Waals surface area contributed by atoms with Crippen molar-refractivity contribution in [3.05, 3.63) is 93.7 Å². The van der Waals surface area contributed by atoms with Gasteiger partial charge in [-0.2, -0.15) is 0 Å². The fourth-order valence-electron chi connectivity index (χ4n) is 4.25. The molecule has 3 aromatic rings. The minimum Gasteiger partial charge on any atom is -0.507 e. The number of aryl methyl sites for hydroxylation is 1. The third-order valence-corrected chi connectivity index (χ3v) is 5.71. The molecule has 0 aliphatic carbocycles. The van der Waals surface area contributed by atoms with Gasteiger partial charge in [0.25, 0.3) is 5.56 Å². The highest BCUT2D eigenvalue weighted by molar-refractivity contribution is 5.41. The summed E-state index contributed by atoms with van der Waals surface area (Å²) in [6.07, 6.45) is 5.16. The van der Waals surface area contributed by atoms with Gasteiger partial charge in [0.05, 0.1) is 23.8 Å². The first kappa shape index (κ1) is 19.4. The van der Waals surface area contributed by atoms with Crippen molar-refractivity contribution in [3.8, 4) is 5.75 Å². The molecule has 1 aliphatic heterocycles. The monoisotopic (exact) mass is 389 g/mol. The molecule has 4 rings (SSSR count). The lowest BCUT2D eigenvalue weighted by atomic mass is 9.94. The van der Waals surface area contributed by atoms with Crippen LogP contribution >= 0.6 is 0 Å². The van der Waals surface area contributed by atoms with Crippen LogP contribution in [-0.2, 0) is 6.54 Å². The Kier molecular flexibility index (Phi) is 5.76. The van der Waals surface area contributed by atoms with Gasteiger partial charge >= 0.3 is 0 Å². The normalized spacial score (nSPS) is 15.9. The number of aromatic hydroxyl groups is 1. The highest BCUT2D eigenvalue weighted by Crippen LogP contribution is 2.34. The van der Waals surface area contributed by atoms with E-state index >= 15 is 0 Å². The zero-order chi connectivity index (χ0) is 20.2. The van der Waals surface area contributed by atoms with Crippen LogP contribution < -0.4 is 5.56 Å². The molecule has 0 bridgehead atoms. The molecule has 1 aromatic carbocycles. The summed E-state index contributed by atoms with van der Waals surface area (Å²) in [6.45, 7) is 4.09. The van der Waals surface area contributed by atoms with Gasteiger partial charge in [-0.1, -0.05) is 42.8 Å². The second kappa shape index (κ2) is 8.62. The molecule has 2 aromatic heterocycles. The smallest absolute Gasteiger partial charge is 0.260 e. The Hall–Kier alpha value is -2.92. The van der Waals surface area contributed by atoms with Crippen LogP contribution in [0.2, 0.25) is 0 Å². The van der Waals surface area contributed by atoms with Crippen LogP contribution in [0, 0.1) is 6.92 Å². The lowest BCUT2D eigenvalue weighted by molar-refractivity contribution is 0.183. The van der Waals surface area contributed by atoms with Crippen molar-refractivity contribution < 1.29 is 5.11 Å². The van der Waals surface area contributed by atoms with Gasteiger partial charge in [-0.3, -0.25) is 14.7 Å². The molecule has 1 saturated heterocycles. The number of pyridine rings is 2. The molecule has 3 heterocycles. The number of piperidine rings is 1. The largest absolute Gasteiger partial charge is 0.507 e. The van der Waals surface area contributed by atoms with Crippen LogP contribution in [-0.4, -0.2) is 32.6 Å². The second-order valence-electron chi connectivity index (χ2n) is 7.71. The molecule has 1 N–H and O–H groups in total. The molecule has 1 fully saturated rings. The third kappa shape index (κ3) is 4.10. The summed E-state index contributed by atoms with van der Waals surface area (Å²) in [4.78, 5) is 20.3. The third-order valence-electron chi connectivity index (χ3n) is 5.71. The van der Waals surface area contributed by atoms with E-state index < -0.39 is 0 Å². The summed E-state index contributed by atoms with van der Waals surface area (Å²) in [5, 5.41) is 10.9. The van der Waals surface area contributed by atoms with Gasteiger partial charge in [0, 0.05) is 11.9 Å². The predicted molar refractivity (Wildman–Crippen MR) is 114 cm³/mol. The van der Waals surface area contributed by atoms with Crippen molar-refractivity contribution >= 4 is 0 Å². The molecule has 29 heavy (non-hydrogen) atoms. The molecule has 0 spiro atoms. The molecule has 0 amide bonds. The first-order valence-electron chi connectivity index (χ1n) is 10.3. The maximum atomic E-state index is 13.6. The molecular weight excluding hydrogens is 362 g/mol. The van der Waals surface area contributed by atoms with Crippen LogP contribution in [0.3, 0.4) is 0 Å². The zero-order valence-electron chi connectivity index (χ0n) is 16.8. The standard InChI is InChI=1S/C24H27N3O2/c1-18-16-21(28)22(24(29)27(18)17-20-12-6-7-13-25-20)23(19-10-4-2-5-11-19)26-14-8-3-9-15-26/h2,4-7,10-13,16,23,28H,3,8-9,14-15,17H2,1H3/t23-/m1/s1. The van der Waals surface area contributed by atoms with E-state index in [1.807, 2.05) is 55.5 Å². The van der Waals surface area contributed by atoms with Crippen LogP contribution in [0.15, 0.2) is 65.6 Å². The zero-order valence-corrected chi connectivity index (χ0v) is 16.8. The van der Waals surface area contributed by atoms with E-state index in [0.717, 1.165) is 42.9 Å². The fraction of sp³-hybridized carbons (Fsp3) is 0.333. The number of nitrogens with zero attached hydrogens (tertiary/aromatic N) is 3. The number of hydrogen-bond acceptors (Lipinski definition) is 4. The van der Waals surface area contributed by atoms with Gasteiger partial charge in [-0.05, 0) is 56.6 Å². The predicted octanol–water partition coefficient (Wildman–Crippen LogP) is 3.88. The molecule has 0 unspecified atom stereocenters. The van der Waals surface area contributed by atoms with Gasteiger partial charge in [-0.15, -0.1) is 0 Å². The van der Waals surface area contributed by atoms with Gasteiger partial charge < -0.3 is 9.67 Å². The number of benzene rings is 1. The number of likely N-dealkylation sites (tertiary alicyclic amines) is 1. The van der Waals surface area contributed by atoms with E-state index in [1.54, 1.807) is 16.8 Å². The van der Waals surface area contributed by atoms with E-state index in [4.69, 9.17) is 0 Å². The Bertz CT molecular complexity index is 1010. The van der Waals surface area contributed by atoms with E-state index in [-0.39, 0.29) is 17.4 Å². The average Bonchev–Trinajstić information content (AvgIpc) is 2.76. The molecule has 5 nitrogen and oxygen atoms in total. The van der Waals surface area contributed by atoms with Gasteiger partial charge in [0.1, 0.15) is 5.75 Å². The lowest BCUT2D eigenvalue weighted by Gasteiger charge is -2.35. The summed E-state index contributed by atoms with van der Waals surface area (Å²) >= 11 is 0. The second-order valence-corrected chi connectivity index (χ2v) is 7.71. The van der Waals surface area contributed by atoms with Crippen molar-refractivity contribution in [1.29, 1.82) is 0 Å². The van der Waals surface area contributed by atoms with Gasteiger partial charge in [0.2, 0.25) is 0 Å². The maximum absolute atomic E-state index is 13.6. The fourth-order valence-corrected chi connectivity index (χ4v) is 4.25. The van der Waals surface area contributed by atoms with Crippen LogP contribution in [0.1, 0.15) is 47.8 Å². The van der Waals surface area contributed by atoms with Crippen molar-refractivity contribution in [2.24, 2.45) is 0 Å². The summed E-state index contributed by atoms with van der Waals surface area (Å²) in [6, 6.07) is 17.2. The van der Waals surface area contributed by atoms with E-state index in [0.29, 0.717) is 12.1 Å². The SMILES string of the molecule is Cc1cc(O)c([C@@H](c2ccccc2)N2CCCCC2)c(=O)n1Cc1ccccn1. The van der Waals surface area contributed by atoms with E-state index in [1.165, 1.54) is 6.42 Å². The molecule has 1 atom stereocenters. The Morgan fingerprint density at radius 1 is 1.03 bits per heavy atom. The number of hydrogen-bond donors (Lipinski definition) is 1. The van der Waals surface area contributed by atoms with Crippen molar-refractivity contribution in [3.63, 3.8) is 0 Å². The topological polar surface area (TPSA) is 58.4 Å². The first-order valence-corrected chi connectivity index (χ1v) is 10.3. The maximum Gasteiger partial charge on any atom is 0.260 e. The molecule has 150 valence electrons. The molecule has 0 saturated carbocycles. The molecule has 5 heteroatoms. The number of rotatable bonds is 5. The van der Waals surface area contributed by atoms with E-state index in [9.17, 15) is 9.90 Å². The Morgan fingerprint density at radius 2 is 1.76 bits per heavy atom. The quantitative estimate of drug-likeness (QED) is 0.719. The minimum atomic E-state index is -0.250. The Morgan fingerprint density at radius 3 is 2.45 bits per heavy atom. The highest BCUT2D eigenvalue weighted by Gasteiger charge is 2.29. The average molecular weight is 389 g/mol. The van der Waals surface area contributed by atoms with Crippen LogP contribution in [0.25, 0.3) is 0 Å². The Balaban J connectivity index is 1.84. The summed E-state index contributed by atoms with van der Waals surface area (Å²) < 4.78 is 1.72. The van der Waals surface area contributed by atoms with Crippen molar-refractivity contribution in [1.82, 2.24) is 14.5 Å². The summed E-state index contributed by atoms with van der Waals surface area (Å²) in [5.41, 5.74) is 2.90. The molecular formula is C24H27N3O2. The van der Waals surface area contributed by atoms with Crippen molar-refractivity contribution in [2.45, 2.75) is 38.8 Å². The summed E-state index contributed by atoms with van der Waals surface area (Å²) in [5.74, 6) is 0.0733. The number of aromatic nitrogens is 2. The minimum absolute atomic E-state index is 0.0733. The van der Waals surface area contributed by atoms with Crippen LogP contribution in [0.4, 0.5) is 0 Å². The molecule has 1 aliphatic rings. The lowest BCUT2D eigenvalue weighted by Crippen LogP contribution is -2.38. The van der Waals surface area contributed by atoms with Crippen molar-refractivity contribution in [2.75, 3.05) is 13.1 Å². The Labute approximate surface area is 171 Å². The van der Waals surface area contributed by atoms with Crippen LogP contribution in [0.5, 0.6) is 5.75 Å². The van der Waals surface area contributed by atoms with Gasteiger partial charge in [0.15, 0.2) is 0 Å². The van der Waals surface area contributed by atoms with E-state index in [2.05, 4.69) is 9.88 Å². The van der Waals surface area contributed by atoms with Gasteiger partial charge in [-0.25, -0.2) is 0 Å². The first-order chi connectivity index (χ1) is 14.1. The summed E-state index contributed by atoms with van der Waals surface area (Å²) in [7, 11) is 0.